The van der Waals surface area contributed by atoms with Crippen LogP contribution in [0.25, 0.3) is 0 Å². The molecule has 0 amide bonds. The maximum atomic E-state index is 12.6. The quantitative estimate of drug-likeness (QED) is 0.615. The highest BCUT2D eigenvalue weighted by atomic mass is 79.9. The summed E-state index contributed by atoms with van der Waals surface area (Å²) in [6, 6.07) is 7.61. The second kappa shape index (κ2) is 4.98. The van der Waals surface area contributed by atoms with Gasteiger partial charge in [-0.25, -0.2) is 0 Å². The van der Waals surface area contributed by atoms with E-state index in [1.165, 1.54) is 0 Å². The molecule has 2 aliphatic rings. The number of oxime groups is 1. The second-order valence-corrected chi connectivity index (χ2v) is 7.13. The number of ketones is 1. The molecule has 110 valence electrons. The number of Topliss-reactive ketones (excluding diaryl/α,β-unsaturated/α-hetero) is 1. The van der Waals surface area contributed by atoms with Crippen LogP contribution < -0.4 is 0 Å². The molecule has 4 nitrogen and oxygen atoms in total. The van der Waals surface area contributed by atoms with Crippen molar-refractivity contribution in [3.05, 3.63) is 45.6 Å². The molecule has 0 saturated heterocycles. The molecule has 1 aromatic carbocycles. The van der Waals surface area contributed by atoms with Crippen molar-refractivity contribution >= 4 is 27.6 Å². The number of ether oxygens (including phenoxy) is 1. The first-order valence-electron chi connectivity index (χ1n) is 6.83. The maximum Gasteiger partial charge on any atom is 0.242 e. The van der Waals surface area contributed by atoms with Gasteiger partial charge in [0.15, 0.2) is 5.78 Å². The van der Waals surface area contributed by atoms with Crippen LogP contribution >= 0.6 is 15.9 Å². The molecule has 0 aromatic heterocycles. The number of nitrogens with zero attached hydrogens (tertiary/aromatic N) is 1. The Morgan fingerprint density at radius 1 is 1.33 bits per heavy atom. The number of hydrogen-bond acceptors (Lipinski definition) is 4. The van der Waals surface area contributed by atoms with Crippen LogP contribution in [-0.2, 0) is 9.53 Å². The van der Waals surface area contributed by atoms with Crippen molar-refractivity contribution in [2.45, 2.75) is 32.6 Å². The van der Waals surface area contributed by atoms with Gasteiger partial charge < -0.3 is 9.94 Å². The van der Waals surface area contributed by atoms with Crippen molar-refractivity contribution in [1.29, 1.82) is 0 Å². The summed E-state index contributed by atoms with van der Waals surface area (Å²) in [5, 5.41) is 12.5. The Bertz CT molecular complexity index is 676. The van der Waals surface area contributed by atoms with E-state index in [2.05, 4.69) is 21.1 Å². The summed E-state index contributed by atoms with van der Waals surface area (Å²) < 4.78 is 6.55. The van der Waals surface area contributed by atoms with Crippen molar-refractivity contribution < 1.29 is 14.7 Å². The summed E-state index contributed by atoms with van der Waals surface area (Å²) >= 11 is 3.50. The normalized spacial score (nSPS) is 26.0. The predicted octanol–water partition coefficient (Wildman–Crippen LogP) is 3.99. The highest BCUT2D eigenvalue weighted by molar-refractivity contribution is 9.10. The fraction of sp³-hybridized carbons (Fsp3) is 0.375. The Morgan fingerprint density at radius 2 is 2.05 bits per heavy atom. The summed E-state index contributed by atoms with van der Waals surface area (Å²) in [6.45, 7) is 4.08. The molecule has 1 aliphatic heterocycles. The Labute approximate surface area is 131 Å². The van der Waals surface area contributed by atoms with Crippen LogP contribution in [0.15, 0.2) is 45.2 Å². The zero-order chi connectivity index (χ0) is 15.2. The molecule has 1 aliphatic carbocycles. The zero-order valence-electron chi connectivity index (χ0n) is 11.9. The second-order valence-electron chi connectivity index (χ2n) is 6.27. The van der Waals surface area contributed by atoms with Gasteiger partial charge in [0.05, 0.1) is 11.5 Å². The number of carbonyl (C=O) groups excluding carboxylic acids is 1. The number of allylic oxidation sites excluding steroid dienone is 1. The zero-order valence-corrected chi connectivity index (χ0v) is 13.5. The molecular weight excluding hydrogens is 334 g/mol. The van der Waals surface area contributed by atoms with E-state index in [0.717, 1.165) is 10.0 Å². The van der Waals surface area contributed by atoms with E-state index in [4.69, 9.17) is 4.74 Å². The fourth-order valence-electron chi connectivity index (χ4n) is 3.08. The SMILES string of the molecule is CC1(C)CC(=O)C2=C(C1)O/C(=N/O)C2c1ccccc1Br. The third-order valence-electron chi connectivity index (χ3n) is 3.96. The highest BCUT2D eigenvalue weighted by Crippen LogP contribution is 2.48. The van der Waals surface area contributed by atoms with Crippen molar-refractivity contribution in [1.82, 2.24) is 0 Å². The van der Waals surface area contributed by atoms with Gasteiger partial charge in [-0.2, -0.15) is 0 Å². The van der Waals surface area contributed by atoms with Gasteiger partial charge in [-0.15, -0.1) is 0 Å². The van der Waals surface area contributed by atoms with E-state index in [0.29, 0.717) is 24.2 Å². The molecule has 0 radical (unpaired) electrons. The highest BCUT2D eigenvalue weighted by Gasteiger charge is 2.45. The molecule has 0 fully saturated rings. The van der Waals surface area contributed by atoms with Gasteiger partial charge >= 0.3 is 0 Å². The van der Waals surface area contributed by atoms with E-state index in [9.17, 15) is 10.0 Å². The molecule has 1 heterocycles. The Morgan fingerprint density at radius 3 is 2.71 bits per heavy atom. The minimum atomic E-state index is -0.427. The first kappa shape index (κ1) is 14.3. The van der Waals surface area contributed by atoms with Gasteiger partial charge in [0.1, 0.15) is 5.76 Å². The Balaban J connectivity index is 2.13. The minimum Gasteiger partial charge on any atom is -0.443 e. The van der Waals surface area contributed by atoms with Gasteiger partial charge in [0.25, 0.3) is 0 Å². The van der Waals surface area contributed by atoms with Crippen molar-refractivity contribution in [3.8, 4) is 0 Å². The Hall–Kier alpha value is -1.62. The van der Waals surface area contributed by atoms with Crippen molar-refractivity contribution in [2.24, 2.45) is 10.6 Å². The fourth-order valence-corrected chi connectivity index (χ4v) is 3.59. The molecule has 1 aromatic rings. The van der Waals surface area contributed by atoms with Crippen LogP contribution in [0, 0.1) is 5.41 Å². The summed E-state index contributed by atoms with van der Waals surface area (Å²) in [4.78, 5) is 12.6. The van der Waals surface area contributed by atoms with E-state index in [1.807, 2.05) is 38.1 Å². The molecule has 3 rings (SSSR count). The minimum absolute atomic E-state index is 0.0700. The van der Waals surface area contributed by atoms with Crippen molar-refractivity contribution in [3.63, 3.8) is 0 Å². The Kier molecular flexibility index (Phi) is 3.40. The van der Waals surface area contributed by atoms with Crippen LogP contribution in [0.4, 0.5) is 0 Å². The first-order valence-corrected chi connectivity index (χ1v) is 7.63. The third kappa shape index (κ3) is 2.39. The average Bonchev–Trinajstić information content (AvgIpc) is 2.76. The molecule has 1 atom stereocenters. The molecule has 5 heteroatoms. The lowest BCUT2D eigenvalue weighted by Crippen LogP contribution is -2.26. The topological polar surface area (TPSA) is 58.9 Å². The molecular formula is C16H16BrNO3. The van der Waals surface area contributed by atoms with E-state index in [1.54, 1.807) is 0 Å². The predicted molar refractivity (Wildman–Crippen MR) is 82.2 cm³/mol. The van der Waals surface area contributed by atoms with Gasteiger partial charge in [0, 0.05) is 17.3 Å². The number of halogens is 1. The molecule has 1 unspecified atom stereocenters. The molecule has 21 heavy (non-hydrogen) atoms. The van der Waals surface area contributed by atoms with E-state index < -0.39 is 5.92 Å². The lowest BCUT2D eigenvalue weighted by atomic mass is 9.73. The average molecular weight is 350 g/mol. The first-order chi connectivity index (χ1) is 9.93. The molecule has 0 spiro atoms. The smallest absolute Gasteiger partial charge is 0.242 e. The van der Waals surface area contributed by atoms with E-state index >= 15 is 0 Å². The number of hydrogen-bond donors (Lipinski definition) is 1. The third-order valence-corrected chi connectivity index (χ3v) is 4.68. The van der Waals surface area contributed by atoms with Crippen LogP contribution in [0.3, 0.4) is 0 Å². The van der Waals surface area contributed by atoms with E-state index in [-0.39, 0.29) is 17.1 Å². The molecule has 0 bridgehead atoms. The largest absolute Gasteiger partial charge is 0.443 e. The van der Waals surface area contributed by atoms with Crippen LogP contribution in [-0.4, -0.2) is 16.9 Å². The number of rotatable bonds is 1. The summed E-state index contributed by atoms with van der Waals surface area (Å²) in [5.41, 5.74) is 1.39. The summed E-state index contributed by atoms with van der Waals surface area (Å²) in [5.74, 6) is 0.465. The lowest BCUT2D eigenvalue weighted by molar-refractivity contribution is -0.118. The lowest BCUT2D eigenvalue weighted by Gasteiger charge is -2.28. The monoisotopic (exact) mass is 349 g/mol. The van der Waals surface area contributed by atoms with Crippen molar-refractivity contribution in [2.75, 3.05) is 0 Å². The van der Waals surface area contributed by atoms with Gasteiger partial charge in [0.2, 0.25) is 5.90 Å². The summed E-state index contributed by atoms with van der Waals surface area (Å²) in [6.07, 6.45) is 1.16. The number of benzene rings is 1. The van der Waals surface area contributed by atoms with Crippen LogP contribution in [0.1, 0.15) is 38.2 Å². The van der Waals surface area contributed by atoms with Gasteiger partial charge in [-0.1, -0.05) is 53.1 Å². The van der Waals surface area contributed by atoms with Crippen LogP contribution in [0.2, 0.25) is 0 Å². The number of carbonyl (C=O) groups is 1. The summed E-state index contributed by atoms with van der Waals surface area (Å²) in [7, 11) is 0. The van der Waals surface area contributed by atoms with Crippen LogP contribution in [0.5, 0.6) is 0 Å². The molecule has 0 saturated carbocycles. The standard InChI is InChI=1S/C16H16BrNO3/c1-16(2)7-11(19)14-12(8-16)21-15(18-20)13(14)9-5-3-4-6-10(9)17/h3-6,13,20H,7-8H2,1-2H3/b18-15+. The van der Waals surface area contributed by atoms with Gasteiger partial charge in [-0.3, -0.25) is 4.79 Å². The maximum absolute atomic E-state index is 12.6. The van der Waals surface area contributed by atoms with Gasteiger partial charge in [-0.05, 0) is 17.0 Å². The molecule has 1 N–H and O–H groups in total.